The number of carbonyl (C=O) groups is 1. The molecule has 1 aliphatic rings. The van der Waals surface area contributed by atoms with Gasteiger partial charge in [0.05, 0.1) is 0 Å². The third kappa shape index (κ3) is 2.41. The molecule has 0 unspecified atom stereocenters. The molecule has 1 aliphatic heterocycles. The molecule has 1 fully saturated rings. The van der Waals surface area contributed by atoms with Crippen LogP contribution in [0.1, 0.15) is 29.8 Å². The third-order valence-corrected chi connectivity index (χ3v) is 3.82. The van der Waals surface area contributed by atoms with Crippen LogP contribution in [-0.4, -0.2) is 28.7 Å². The fraction of sp³-hybridized carbons (Fsp3) is 0.312. The molecule has 0 saturated carbocycles. The van der Waals surface area contributed by atoms with Crippen LogP contribution in [0.3, 0.4) is 0 Å². The molecule has 1 saturated heterocycles. The molecule has 2 aromatic rings. The first kappa shape index (κ1) is 12.8. The number of hydrogen-bond donors (Lipinski definition) is 1. The Balaban J connectivity index is 1.85. The molecule has 1 aromatic carbocycles. The van der Waals surface area contributed by atoms with Gasteiger partial charge in [0.1, 0.15) is 5.69 Å². The van der Waals surface area contributed by atoms with Crippen molar-refractivity contribution in [2.24, 2.45) is 0 Å². The van der Waals surface area contributed by atoms with Crippen molar-refractivity contribution < 1.29 is 9.90 Å². The Morgan fingerprint density at radius 1 is 0.950 bits per heavy atom. The maximum atomic E-state index is 11.1. The number of aromatic nitrogens is 1. The Morgan fingerprint density at radius 3 is 2.25 bits per heavy atom. The molecule has 1 aromatic heterocycles. The minimum Gasteiger partial charge on any atom is -0.477 e. The first-order valence-corrected chi connectivity index (χ1v) is 7.02. The highest BCUT2D eigenvalue weighted by Crippen LogP contribution is 2.22. The second-order valence-electron chi connectivity index (χ2n) is 5.13. The monoisotopic (exact) mass is 270 g/mol. The Labute approximate surface area is 118 Å². The lowest BCUT2D eigenvalue weighted by Crippen LogP contribution is -2.29. The summed E-state index contributed by atoms with van der Waals surface area (Å²) in [6, 6.07) is 11.5. The Morgan fingerprint density at radius 2 is 1.60 bits per heavy atom. The predicted molar refractivity (Wildman–Crippen MR) is 78.8 cm³/mol. The van der Waals surface area contributed by atoms with Crippen LogP contribution in [0.15, 0.2) is 42.6 Å². The number of nitrogens with zero attached hydrogens (tertiary/aromatic N) is 2. The fourth-order valence-corrected chi connectivity index (χ4v) is 2.76. The van der Waals surface area contributed by atoms with Crippen molar-refractivity contribution in [3.63, 3.8) is 0 Å². The van der Waals surface area contributed by atoms with E-state index in [0.717, 1.165) is 18.8 Å². The number of benzene rings is 1. The van der Waals surface area contributed by atoms with Gasteiger partial charge in [-0.25, -0.2) is 4.79 Å². The zero-order valence-electron chi connectivity index (χ0n) is 11.3. The molecule has 0 radical (unpaired) electrons. The van der Waals surface area contributed by atoms with Gasteiger partial charge in [-0.05, 0) is 55.7 Å². The molecule has 0 amide bonds. The van der Waals surface area contributed by atoms with Crippen LogP contribution in [-0.2, 0) is 0 Å². The molecule has 0 spiro atoms. The lowest BCUT2D eigenvalue weighted by atomic mass is 10.1. The van der Waals surface area contributed by atoms with E-state index in [9.17, 15) is 4.79 Å². The highest BCUT2D eigenvalue weighted by Gasteiger charge is 2.12. The normalized spacial score (nSPS) is 15.3. The highest BCUT2D eigenvalue weighted by molar-refractivity contribution is 5.86. The molecule has 4 nitrogen and oxygen atoms in total. The highest BCUT2D eigenvalue weighted by atomic mass is 16.4. The van der Waals surface area contributed by atoms with Gasteiger partial charge in [-0.15, -0.1) is 0 Å². The molecule has 4 heteroatoms. The smallest absolute Gasteiger partial charge is 0.352 e. The number of rotatable bonds is 3. The van der Waals surface area contributed by atoms with Crippen molar-refractivity contribution in [3.8, 4) is 5.69 Å². The summed E-state index contributed by atoms with van der Waals surface area (Å²) in [5.74, 6) is -0.907. The maximum absolute atomic E-state index is 11.1. The van der Waals surface area contributed by atoms with Gasteiger partial charge in [0.2, 0.25) is 0 Å². The van der Waals surface area contributed by atoms with Crippen molar-refractivity contribution in [1.29, 1.82) is 0 Å². The topological polar surface area (TPSA) is 45.5 Å². The molecule has 1 N–H and O–H groups in total. The van der Waals surface area contributed by atoms with Gasteiger partial charge in [-0.1, -0.05) is 0 Å². The van der Waals surface area contributed by atoms with Gasteiger partial charge in [-0.2, -0.15) is 0 Å². The van der Waals surface area contributed by atoms with Crippen LogP contribution in [0, 0.1) is 0 Å². The second-order valence-corrected chi connectivity index (χ2v) is 5.13. The van der Waals surface area contributed by atoms with Crippen LogP contribution < -0.4 is 4.90 Å². The van der Waals surface area contributed by atoms with E-state index in [2.05, 4.69) is 17.0 Å². The molecular weight excluding hydrogens is 252 g/mol. The van der Waals surface area contributed by atoms with Crippen molar-refractivity contribution in [2.75, 3.05) is 18.0 Å². The van der Waals surface area contributed by atoms with Crippen LogP contribution in [0.25, 0.3) is 5.69 Å². The van der Waals surface area contributed by atoms with Crippen molar-refractivity contribution >= 4 is 11.7 Å². The predicted octanol–water partition coefficient (Wildman–Crippen LogP) is 3.17. The Kier molecular flexibility index (Phi) is 3.46. The Hall–Kier alpha value is -2.23. The zero-order valence-corrected chi connectivity index (χ0v) is 11.3. The van der Waals surface area contributed by atoms with Crippen LogP contribution in [0.2, 0.25) is 0 Å². The van der Waals surface area contributed by atoms with Crippen molar-refractivity contribution in [3.05, 3.63) is 48.3 Å². The second kappa shape index (κ2) is 5.41. The molecule has 104 valence electrons. The molecule has 0 atom stereocenters. The van der Waals surface area contributed by atoms with E-state index in [1.807, 2.05) is 12.1 Å². The summed E-state index contributed by atoms with van der Waals surface area (Å²) >= 11 is 0. The maximum Gasteiger partial charge on any atom is 0.352 e. The van der Waals surface area contributed by atoms with Gasteiger partial charge >= 0.3 is 5.97 Å². The Bertz CT molecular complexity index is 595. The number of carboxylic acid groups (broad SMARTS) is 1. The van der Waals surface area contributed by atoms with Crippen molar-refractivity contribution in [2.45, 2.75) is 19.3 Å². The minimum absolute atomic E-state index is 0.288. The van der Waals surface area contributed by atoms with Crippen LogP contribution >= 0.6 is 0 Å². The first-order chi connectivity index (χ1) is 9.75. The number of hydrogen-bond acceptors (Lipinski definition) is 2. The first-order valence-electron chi connectivity index (χ1n) is 7.02. The lowest BCUT2D eigenvalue weighted by molar-refractivity contribution is 0.0688. The summed E-state index contributed by atoms with van der Waals surface area (Å²) in [7, 11) is 0. The number of carboxylic acids is 1. The quantitative estimate of drug-likeness (QED) is 0.931. The zero-order chi connectivity index (χ0) is 13.9. The van der Waals surface area contributed by atoms with E-state index in [4.69, 9.17) is 5.11 Å². The average molecular weight is 270 g/mol. The average Bonchev–Trinajstić information content (AvgIpc) is 2.98. The van der Waals surface area contributed by atoms with E-state index in [1.54, 1.807) is 22.9 Å². The number of aromatic carboxylic acids is 1. The van der Waals surface area contributed by atoms with Gasteiger partial charge in [0, 0.05) is 30.7 Å². The molecular formula is C16H18N2O2. The molecule has 20 heavy (non-hydrogen) atoms. The summed E-state index contributed by atoms with van der Waals surface area (Å²) < 4.78 is 1.70. The SMILES string of the molecule is O=C(O)c1cccn1-c1ccc(N2CCCCC2)cc1. The van der Waals surface area contributed by atoms with Gasteiger partial charge in [0.15, 0.2) is 0 Å². The summed E-state index contributed by atoms with van der Waals surface area (Å²) in [5, 5.41) is 9.15. The summed E-state index contributed by atoms with van der Waals surface area (Å²) in [4.78, 5) is 13.5. The van der Waals surface area contributed by atoms with Gasteiger partial charge in [0.25, 0.3) is 0 Å². The standard InChI is InChI=1S/C16H18N2O2/c19-16(20)15-5-4-12-18(15)14-8-6-13(7-9-14)17-10-2-1-3-11-17/h4-9,12H,1-3,10-11H2,(H,19,20). The minimum atomic E-state index is -0.907. The van der Waals surface area contributed by atoms with Gasteiger partial charge < -0.3 is 14.6 Å². The number of anilines is 1. The molecule has 0 aliphatic carbocycles. The van der Waals surface area contributed by atoms with Crippen LogP contribution in [0.5, 0.6) is 0 Å². The molecule has 0 bridgehead atoms. The molecule has 3 rings (SSSR count). The van der Waals surface area contributed by atoms with Gasteiger partial charge in [-0.3, -0.25) is 0 Å². The molecule has 2 heterocycles. The van der Waals surface area contributed by atoms with E-state index in [1.165, 1.54) is 24.9 Å². The summed E-state index contributed by atoms with van der Waals surface area (Å²) in [6.45, 7) is 2.23. The van der Waals surface area contributed by atoms with E-state index in [0.29, 0.717) is 0 Å². The van der Waals surface area contributed by atoms with Crippen molar-refractivity contribution in [1.82, 2.24) is 4.57 Å². The third-order valence-electron chi connectivity index (χ3n) is 3.82. The number of piperidine rings is 1. The summed E-state index contributed by atoms with van der Waals surface area (Å²) in [5.41, 5.74) is 2.39. The van der Waals surface area contributed by atoms with E-state index in [-0.39, 0.29) is 5.69 Å². The van der Waals surface area contributed by atoms with E-state index >= 15 is 0 Å². The fourth-order valence-electron chi connectivity index (χ4n) is 2.76. The van der Waals surface area contributed by atoms with E-state index < -0.39 is 5.97 Å². The lowest BCUT2D eigenvalue weighted by Gasteiger charge is -2.28. The largest absolute Gasteiger partial charge is 0.477 e. The van der Waals surface area contributed by atoms with Crippen LogP contribution in [0.4, 0.5) is 5.69 Å². The summed E-state index contributed by atoms with van der Waals surface area (Å²) in [6.07, 6.45) is 5.60.